The summed E-state index contributed by atoms with van der Waals surface area (Å²) in [5.74, 6) is 0.856. The van der Waals surface area contributed by atoms with Gasteiger partial charge in [0.15, 0.2) is 0 Å². The molecule has 1 rings (SSSR count). The molecule has 0 amide bonds. The van der Waals surface area contributed by atoms with Crippen LogP contribution >= 0.6 is 0 Å². The van der Waals surface area contributed by atoms with Crippen molar-refractivity contribution in [1.82, 2.24) is 10.2 Å². The highest BCUT2D eigenvalue weighted by Crippen LogP contribution is 2.22. The third kappa shape index (κ3) is 3.28. The Kier molecular flexibility index (Phi) is 4.74. The molecule has 1 aliphatic rings. The quantitative estimate of drug-likeness (QED) is 0.714. The van der Waals surface area contributed by atoms with Crippen LogP contribution in [0.2, 0.25) is 0 Å². The molecule has 1 saturated heterocycles. The van der Waals surface area contributed by atoms with Crippen LogP contribution in [0.25, 0.3) is 0 Å². The Hall–Kier alpha value is -0.0800. The Labute approximate surface area is 82.7 Å². The van der Waals surface area contributed by atoms with Crippen LogP contribution in [-0.4, -0.2) is 38.1 Å². The van der Waals surface area contributed by atoms with E-state index in [-0.39, 0.29) is 0 Å². The maximum absolute atomic E-state index is 3.46. The number of rotatable bonds is 3. The molecule has 1 fully saturated rings. The van der Waals surface area contributed by atoms with Crippen molar-refractivity contribution in [3.05, 3.63) is 6.42 Å². The van der Waals surface area contributed by atoms with Crippen molar-refractivity contribution in [1.29, 1.82) is 0 Å². The summed E-state index contributed by atoms with van der Waals surface area (Å²) in [5.41, 5.74) is 0. The molecule has 1 N–H and O–H groups in total. The average molecular weight is 183 g/mol. The van der Waals surface area contributed by atoms with Gasteiger partial charge in [-0.3, -0.25) is 0 Å². The van der Waals surface area contributed by atoms with Crippen molar-refractivity contribution in [2.24, 2.45) is 5.92 Å². The van der Waals surface area contributed by atoms with Gasteiger partial charge in [-0.15, -0.1) is 0 Å². The first-order chi connectivity index (χ1) is 6.25. The van der Waals surface area contributed by atoms with Gasteiger partial charge in [0.25, 0.3) is 0 Å². The fourth-order valence-electron chi connectivity index (χ4n) is 2.38. The molecule has 0 aliphatic carbocycles. The highest BCUT2D eigenvalue weighted by molar-refractivity contribution is 4.87. The SMILES string of the molecule is C[CH]C(C1CCCNCC1)N(C)C. The molecule has 77 valence electrons. The molecule has 2 nitrogen and oxygen atoms in total. The Bertz CT molecular complexity index is 126. The summed E-state index contributed by atoms with van der Waals surface area (Å²) in [7, 11) is 4.37. The van der Waals surface area contributed by atoms with Crippen molar-refractivity contribution >= 4 is 0 Å². The van der Waals surface area contributed by atoms with Gasteiger partial charge in [-0.25, -0.2) is 0 Å². The van der Waals surface area contributed by atoms with E-state index < -0.39 is 0 Å². The predicted molar refractivity (Wildman–Crippen MR) is 57.7 cm³/mol. The normalized spacial score (nSPS) is 27.2. The second-order valence-electron chi connectivity index (χ2n) is 4.23. The van der Waals surface area contributed by atoms with Gasteiger partial charge >= 0.3 is 0 Å². The highest BCUT2D eigenvalue weighted by atomic mass is 15.1. The molecular formula is C11H23N2. The van der Waals surface area contributed by atoms with E-state index in [1.54, 1.807) is 0 Å². The number of nitrogens with zero attached hydrogens (tertiary/aromatic N) is 1. The van der Waals surface area contributed by atoms with Gasteiger partial charge in [0.1, 0.15) is 0 Å². The van der Waals surface area contributed by atoms with Crippen LogP contribution < -0.4 is 5.32 Å². The second-order valence-corrected chi connectivity index (χ2v) is 4.23. The van der Waals surface area contributed by atoms with Crippen molar-refractivity contribution in [2.45, 2.75) is 32.2 Å². The van der Waals surface area contributed by atoms with Gasteiger partial charge in [-0.2, -0.15) is 0 Å². The van der Waals surface area contributed by atoms with Crippen LogP contribution in [-0.2, 0) is 0 Å². The van der Waals surface area contributed by atoms with Crippen molar-refractivity contribution < 1.29 is 0 Å². The molecule has 2 heteroatoms. The van der Waals surface area contributed by atoms with Crippen molar-refractivity contribution in [3.63, 3.8) is 0 Å². The van der Waals surface area contributed by atoms with Gasteiger partial charge in [-0.05, 0) is 58.8 Å². The van der Waals surface area contributed by atoms with Crippen LogP contribution in [0, 0.1) is 12.3 Å². The van der Waals surface area contributed by atoms with E-state index in [4.69, 9.17) is 0 Å². The van der Waals surface area contributed by atoms with E-state index in [1.807, 2.05) is 0 Å². The third-order valence-electron chi connectivity index (χ3n) is 3.04. The average Bonchev–Trinajstić information content (AvgIpc) is 2.33. The molecule has 0 saturated carbocycles. The van der Waals surface area contributed by atoms with E-state index in [0.29, 0.717) is 6.04 Å². The van der Waals surface area contributed by atoms with Gasteiger partial charge in [0.05, 0.1) is 0 Å². The lowest BCUT2D eigenvalue weighted by atomic mass is 9.90. The monoisotopic (exact) mass is 183 g/mol. The maximum atomic E-state index is 3.46. The molecule has 2 unspecified atom stereocenters. The lowest BCUT2D eigenvalue weighted by molar-refractivity contribution is 0.224. The van der Waals surface area contributed by atoms with Crippen molar-refractivity contribution in [3.8, 4) is 0 Å². The zero-order valence-electron chi connectivity index (χ0n) is 9.21. The van der Waals surface area contributed by atoms with Gasteiger partial charge in [-0.1, -0.05) is 6.92 Å². The molecule has 0 aromatic heterocycles. The largest absolute Gasteiger partial charge is 0.317 e. The molecule has 0 aromatic carbocycles. The zero-order chi connectivity index (χ0) is 9.68. The first kappa shape index (κ1) is 11.0. The van der Waals surface area contributed by atoms with Gasteiger partial charge in [0.2, 0.25) is 0 Å². The topological polar surface area (TPSA) is 15.3 Å². The highest BCUT2D eigenvalue weighted by Gasteiger charge is 2.22. The van der Waals surface area contributed by atoms with E-state index in [2.05, 4.69) is 37.7 Å². The summed E-state index contributed by atoms with van der Waals surface area (Å²) in [5, 5.41) is 3.46. The molecule has 0 spiro atoms. The molecule has 1 heterocycles. The van der Waals surface area contributed by atoms with Crippen LogP contribution in [0.5, 0.6) is 0 Å². The smallest absolute Gasteiger partial charge is 0.0147 e. The lowest BCUT2D eigenvalue weighted by Crippen LogP contribution is -2.35. The van der Waals surface area contributed by atoms with Crippen LogP contribution in [0.4, 0.5) is 0 Å². The van der Waals surface area contributed by atoms with E-state index >= 15 is 0 Å². The number of nitrogens with one attached hydrogen (secondary N) is 1. The first-order valence-corrected chi connectivity index (χ1v) is 5.42. The predicted octanol–water partition coefficient (Wildman–Crippen LogP) is 1.53. The summed E-state index contributed by atoms with van der Waals surface area (Å²) in [4.78, 5) is 2.34. The summed E-state index contributed by atoms with van der Waals surface area (Å²) in [6.45, 7) is 4.59. The minimum Gasteiger partial charge on any atom is -0.317 e. The fourth-order valence-corrected chi connectivity index (χ4v) is 2.38. The standard InChI is InChI=1S/C11H23N2/c1-4-11(13(2)3)10-6-5-8-12-9-7-10/h4,10-12H,5-9H2,1-3H3. The minimum absolute atomic E-state index is 0.667. The third-order valence-corrected chi connectivity index (χ3v) is 3.04. The zero-order valence-corrected chi connectivity index (χ0v) is 9.21. The fraction of sp³-hybridized carbons (Fsp3) is 0.909. The Morgan fingerprint density at radius 2 is 2.08 bits per heavy atom. The Morgan fingerprint density at radius 1 is 1.31 bits per heavy atom. The number of hydrogen-bond donors (Lipinski definition) is 1. The lowest BCUT2D eigenvalue weighted by Gasteiger charge is -2.30. The Balaban J connectivity index is 2.45. The van der Waals surface area contributed by atoms with Gasteiger partial charge in [0, 0.05) is 6.04 Å². The summed E-state index contributed by atoms with van der Waals surface area (Å²) >= 11 is 0. The summed E-state index contributed by atoms with van der Waals surface area (Å²) in [6, 6.07) is 0.667. The summed E-state index contributed by atoms with van der Waals surface area (Å²) in [6.07, 6.45) is 6.38. The van der Waals surface area contributed by atoms with E-state index in [9.17, 15) is 0 Å². The molecule has 1 radical (unpaired) electrons. The Morgan fingerprint density at radius 3 is 2.69 bits per heavy atom. The van der Waals surface area contributed by atoms with E-state index in [1.165, 1.54) is 32.4 Å². The second kappa shape index (κ2) is 5.61. The van der Waals surface area contributed by atoms with Crippen molar-refractivity contribution in [2.75, 3.05) is 27.2 Å². The molecular weight excluding hydrogens is 160 g/mol. The molecule has 13 heavy (non-hydrogen) atoms. The van der Waals surface area contributed by atoms with Crippen LogP contribution in [0.3, 0.4) is 0 Å². The minimum atomic E-state index is 0.667. The molecule has 0 aromatic rings. The first-order valence-electron chi connectivity index (χ1n) is 5.42. The number of hydrogen-bond acceptors (Lipinski definition) is 2. The van der Waals surface area contributed by atoms with E-state index in [0.717, 1.165) is 5.92 Å². The molecule has 0 bridgehead atoms. The van der Waals surface area contributed by atoms with Crippen LogP contribution in [0.1, 0.15) is 26.2 Å². The summed E-state index contributed by atoms with van der Waals surface area (Å²) < 4.78 is 0. The molecule has 1 aliphatic heterocycles. The molecule has 2 atom stereocenters. The van der Waals surface area contributed by atoms with Gasteiger partial charge < -0.3 is 10.2 Å². The maximum Gasteiger partial charge on any atom is 0.0147 e. The van der Waals surface area contributed by atoms with Crippen LogP contribution in [0.15, 0.2) is 0 Å².